The van der Waals surface area contributed by atoms with Gasteiger partial charge in [0.25, 0.3) is 0 Å². The summed E-state index contributed by atoms with van der Waals surface area (Å²) in [6.07, 6.45) is 2.64. The van der Waals surface area contributed by atoms with Gasteiger partial charge in [-0.3, -0.25) is 4.79 Å². The molecule has 2 aromatic rings. The van der Waals surface area contributed by atoms with Crippen LogP contribution in [0.1, 0.15) is 56.0 Å². The fraction of sp³-hybridized carbons (Fsp3) is 0.435. The summed E-state index contributed by atoms with van der Waals surface area (Å²) in [6.45, 7) is 9.78. The van der Waals surface area contributed by atoms with Crippen molar-refractivity contribution in [3.05, 3.63) is 46.5 Å². The molecule has 0 spiro atoms. The zero-order valence-corrected chi connectivity index (χ0v) is 20.4. The third kappa shape index (κ3) is 7.51. The average molecular weight is 444 g/mol. The maximum atomic E-state index is 13.2. The van der Waals surface area contributed by atoms with Gasteiger partial charge in [-0.05, 0) is 46.4 Å². The van der Waals surface area contributed by atoms with Gasteiger partial charge in [0.1, 0.15) is 17.2 Å². The van der Waals surface area contributed by atoms with Gasteiger partial charge in [-0.25, -0.2) is 0 Å². The van der Waals surface area contributed by atoms with E-state index in [9.17, 15) is 4.79 Å². The normalized spacial score (nSPS) is 10.7. The van der Waals surface area contributed by atoms with Crippen LogP contribution in [0.15, 0.2) is 30.3 Å². The minimum atomic E-state index is -0.162. The van der Waals surface area contributed by atoms with Crippen LogP contribution in [-0.4, -0.2) is 25.3 Å². The van der Waals surface area contributed by atoms with Gasteiger partial charge in [-0.2, -0.15) is 0 Å². The molecule has 0 saturated carbocycles. The second kappa shape index (κ2) is 14.0. The molecule has 0 aliphatic rings. The van der Waals surface area contributed by atoms with Crippen molar-refractivity contribution in [1.29, 1.82) is 0 Å². The summed E-state index contributed by atoms with van der Waals surface area (Å²) >= 11 is 6.32. The summed E-state index contributed by atoms with van der Waals surface area (Å²) < 4.78 is 17.8. The fourth-order valence-corrected chi connectivity index (χ4v) is 4.35. The first kappa shape index (κ1) is 26.9. The summed E-state index contributed by atoms with van der Waals surface area (Å²) in [5.41, 5.74) is 1.39. The van der Waals surface area contributed by atoms with Crippen molar-refractivity contribution >= 4 is 31.0 Å². The zero-order valence-electron chi connectivity index (χ0n) is 18.6. The Balaban J connectivity index is 0.00000450. The standard InChI is InChI=1S/C23H30ClO4P.Li/c1-5-11-26-17-14-19(27-12-6-2)22(20(15-17)28-13-7-3)29-23(25)21-16(4)9-8-10-18(21)24;/h8-10,14-15,29H,5-7,11-13H2,1-4H3;/q;+1. The molecule has 1 unspecified atom stereocenters. The Kier molecular flexibility index (Phi) is 12.5. The van der Waals surface area contributed by atoms with Gasteiger partial charge in [-0.15, -0.1) is 0 Å². The molecule has 0 aliphatic heterocycles. The minimum absolute atomic E-state index is 0. The van der Waals surface area contributed by atoms with Crippen LogP contribution in [0.25, 0.3) is 0 Å². The van der Waals surface area contributed by atoms with Gasteiger partial charge >= 0.3 is 18.9 Å². The molecule has 0 aliphatic carbocycles. The number of halogens is 1. The van der Waals surface area contributed by atoms with E-state index in [1.165, 1.54) is 0 Å². The molecule has 158 valence electrons. The molecule has 0 amide bonds. The number of carbonyl (C=O) groups is 1. The number of ether oxygens (including phenoxy) is 3. The van der Waals surface area contributed by atoms with Gasteiger partial charge in [0.05, 0.1) is 30.1 Å². The second-order valence-corrected chi connectivity index (χ2v) is 8.34. The summed E-state index contributed by atoms with van der Waals surface area (Å²) in [5, 5.41) is 1.23. The Bertz CT molecular complexity index is 780. The Hall–Kier alpha value is -1.17. The van der Waals surface area contributed by atoms with E-state index in [0.717, 1.165) is 30.1 Å². The molecule has 4 nitrogen and oxygen atoms in total. The number of carbonyl (C=O) groups excluding carboxylic acids is 1. The predicted octanol–water partition coefficient (Wildman–Crippen LogP) is 3.16. The number of benzene rings is 2. The van der Waals surface area contributed by atoms with Crippen molar-refractivity contribution in [2.75, 3.05) is 19.8 Å². The van der Waals surface area contributed by atoms with Crippen LogP contribution >= 0.6 is 20.2 Å². The van der Waals surface area contributed by atoms with Crippen molar-refractivity contribution < 1.29 is 37.9 Å². The van der Waals surface area contributed by atoms with Crippen molar-refractivity contribution in [3.8, 4) is 17.2 Å². The van der Waals surface area contributed by atoms with Crippen LogP contribution in [0.2, 0.25) is 5.02 Å². The number of aryl methyl sites for hydroxylation is 1. The molecule has 0 bridgehead atoms. The fourth-order valence-electron chi connectivity index (χ4n) is 2.74. The van der Waals surface area contributed by atoms with E-state index < -0.39 is 0 Å². The van der Waals surface area contributed by atoms with Crippen molar-refractivity contribution in [2.45, 2.75) is 47.0 Å². The van der Waals surface area contributed by atoms with Crippen LogP contribution in [-0.2, 0) is 0 Å². The molecule has 7 heteroatoms. The van der Waals surface area contributed by atoms with Crippen LogP contribution in [0.5, 0.6) is 17.2 Å². The van der Waals surface area contributed by atoms with E-state index in [0.29, 0.717) is 47.7 Å². The molecular weight excluding hydrogens is 414 g/mol. The number of rotatable bonds is 12. The first-order valence-electron chi connectivity index (χ1n) is 10.1. The quantitative estimate of drug-likeness (QED) is 0.373. The molecule has 0 saturated heterocycles. The third-order valence-corrected chi connectivity index (χ3v) is 5.66. The zero-order chi connectivity index (χ0) is 21.2. The van der Waals surface area contributed by atoms with Gasteiger partial charge in [-0.1, -0.05) is 44.5 Å². The number of hydrogen-bond donors (Lipinski definition) is 0. The molecule has 0 radical (unpaired) electrons. The SMILES string of the molecule is CCCOc1cc(OCCC)c(PC(=O)c2c(C)cccc2Cl)c(OCCC)c1.[Li+]. The van der Waals surface area contributed by atoms with Crippen LogP contribution in [0.4, 0.5) is 0 Å². The average Bonchev–Trinajstić information content (AvgIpc) is 2.70. The first-order valence-corrected chi connectivity index (χ1v) is 11.5. The minimum Gasteiger partial charge on any atom is -0.493 e. The van der Waals surface area contributed by atoms with E-state index in [4.69, 9.17) is 25.8 Å². The molecule has 0 aromatic heterocycles. The van der Waals surface area contributed by atoms with Crippen molar-refractivity contribution in [2.24, 2.45) is 0 Å². The maximum absolute atomic E-state index is 13.2. The van der Waals surface area contributed by atoms with Crippen LogP contribution in [0.3, 0.4) is 0 Å². The summed E-state index contributed by atoms with van der Waals surface area (Å²) in [5.74, 6) is 1.98. The third-order valence-electron chi connectivity index (χ3n) is 4.12. The van der Waals surface area contributed by atoms with E-state index in [-0.39, 0.29) is 33.0 Å². The Morgan fingerprint density at radius 1 is 0.933 bits per heavy atom. The van der Waals surface area contributed by atoms with Crippen LogP contribution < -0.4 is 38.4 Å². The summed E-state index contributed by atoms with van der Waals surface area (Å²) in [7, 11) is -0.162. The van der Waals surface area contributed by atoms with Gasteiger partial charge in [0, 0.05) is 17.7 Å². The van der Waals surface area contributed by atoms with Gasteiger partial charge in [0.15, 0.2) is 5.52 Å². The monoisotopic (exact) mass is 443 g/mol. The number of hydrogen-bond acceptors (Lipinski definition) is 4. The molecule has 30 heavy (non-hydrogen) atoms. The topological polar surface area (TPSA) is 44.8 Å². The van der Waals surface area contributed by atoms with E-state index in [2.05, 4.69) is 6.92 Å². The first-order chi connectivity index (χ1) is 14.0. The molecule has 1 atom stereocenters. The maximum Gasteiger partial charge on any atom is 1.00 e. The van der Waals surface area contributed by atoms with Crippen molar-refractivity contribution in [1.82, 2.24) is 0 Å². The Labute approximate surface area is 199 Å². The van der Waals surface area contributed by atoms with E-state index in [1.54, 1.807) is 6.07 Å². The Morgan fingerprint density at radius 3 is 1.97 bits per heavy atom. The van der Waals surface area contributed by atoms with Gasteiger partial charge in [0.2, 0.25) is 0 Å². The molecule has 2 rings (SSSR count). The second-order valence-electron chi connectivity index (χ2n) is 6.73. The molecule has 0 heterocycles. The van der Waals surface area contributed by atoms with E-state index in [1.807, 2.05) is 45.0 Å². The summed E-state index contributed by atoms with van der Waals surface area (Å²) in [6, 6.07) is 9.21. The Morgan fingerprint density at radius 2 is 1.47 bits per heavy atom. The van der Waals surface area contributed by atoms with Crippen molar-refractivity contribution in [3.63, 3.8) is 0 Å². The summed E-state index contributed by atoms with van der Waals surface area (Å²) in [4.78, 5) is 13.2. The molecular formula is C23H30ClLiO4P+. The molecule has 0 fully saturated rings. The smallest absolute Gasteiger partial charge is 0.493 e. The molecule has 0 N–H and O–H groups in total. The van der Waals surface area contributed by atoms with Crippen LogP contribution in [0, 0.1) is 6.92 Å². The van der Waals surface area contributed by atoms with E-state index >= 15 is 0 Å². The molecule has 2 aromatic carbocycles. The van der Waals surface area contributed by atoms with Gasteiger partial charge < -0.3 is 14.2 Å². The largest absolute Gasteiger partial charge is 1.00 e. The predicted molar refractivity (Wildman–Crippen MR) is 122 cm³/mol.